The molecule has 0 saturated heterocycles. The molecule has 0 fully saturated rings. The van der Waals surface area contributed by atoms with Crippen LogP contribution in [0.4, 0.5) is 5.69 Å². The Morgan fingerprint density at radius 1 is 0.892 bits per heavy atom. The lowest BCUT2D eigenvalue weighted by Gasteiger charge is -2.21. The zero-order valence-electron chi connectivity index (χ0n) is 21.7. The molecule has 2 aliphatic rings. The van der Waals surface area contributed by atoms with Crippen molar-refractivity contribution in [1.29, 1.82) is 0 Å². The molecule has 3 heterocycles. The van der Waals surface area contributed by atoms with Crippen LogP contribution in [0.15, 0.2) is 54.7 Å². The highest BCUT2D eigenvalue weighted by Gasteiger charge is 2.32. The monoisotopic (exact) mass is 499 g/mol. The summed E-state index contributed by atoms with van der Waals surface area (Å²) in [4.78, 5) is 2.09. The van der Waals surface area contributed by atoms with Crippen molar-refractivity contribution in [3.63, 3.8) is 0 Å². The van der Waals surface area contributed by atoms with Gasteiger partial charge in [0, 0.05) is 31.6 Å². The summed E-state index contributed by atoms with van der Waals surface area (Å²) in [6, 6.07) is 16.8. The van der Waals surface area contributed by atoms with Gasteiger partial charge in [-0.3, -0.25) is 0 Å². The lowest BCUT2D eigenvalue weighted by molar-refractivity contribution is -0.686. The fraction of sp³-hybridized carbons (Fsp3) is 0.300. The van der Waals surface area contributed by atoms with Gasteiger partial charge < -0.3 is 28.6 Å². The van der Waals surface area contributed by atoms with Gasteiger partial charge in [0.05, 0.1) is 43.9 Å². The van der Waals surface area contributed by atoms with Crippen LogP contribution in [0.3, 0.4) is 0 Å². The van der Waals surface area contributed by atoms with Crippen molar-refractivity contribution in [2.45, 2.75) is 26.2 Å². The lowest BCUT2D eigenvalue weighted by Crippen LogP contribution is -2.41. The van der Waals surface area contributed by atoms with Gasteiger partial charge in [0.15, 0.2) is 35.7 Å². The second-order valence-electron chi connectivity index (χ2n) is 9.58. The fourth-order valence-corrected chi connectivity index (χ4v) is 5.32. The molecule has 0 radical (unpaired) electrons. The van der Waals surface area contributed by atoms with Crippen LogP contribution in [0.1, 0.15) is 16.7 Å². The van der Waals surface area contributed by atoms with Gasteiger partial charge in [-0.25, -0.2) is 0 Å². The minimum Gasteiger partial charge on any atom is -0.493 e. The molecular weight excluding hydrogens is 468 g/mol. The van der Waals surface area contributed by atoms with Gasteiger partial charge in [0.25, 0.3) is 0 Å². The first-order valence-corrected chi connectivity index (χ1v) is 12.4. The summed E-state index contributed by atoms with van der Waals surface area (Å²) in [5, 5.41) is 2.08. The Morgan fingerprint density at radius 3 is 2.41 bits per heavy atom. The van der Waals surface area contributed by atoms with E-state index in [-0.39, 0.29) is 6.79 Å². The highest BCUT2D eigenvalue weighted by molar-refractivity contribution is 5.95. The first kappa shape index (κ1) is 23.4. The Bertz CT molecular complexity index is 1480. The maximum Gasteiger partial charge on any atom is 0.231 e. The number of aromatic nitrogens is 1. The van der Waals surface area contributed by atoms with E-state index < -0.39 is 0 Å². The summed E-state index contributed by atoms with van der Waals surface area (Å²) < 4.78 is 31.5. The topological polar surface area (TPSA) is 53.3 Å². The third-order valence-electron chi connectivity index (χ3n) is 7.21. The molecule has 7 heteroatoms. The van der Waals surface area contributed by atoms with E-state index >= 15 is 0 Å². The highest BCUT2D eigenvalue weighted by Crippen LogP contribution is 2.43. The molecule has 0 unspecified atom stereocenters. The number of nitrogens with zero attached hydrogens (tertiary/aromatic N) is 2. The number of anilines is 1. The first-order valence-electron chi connectivity index (χ1n) is 12.4. The third-order valence-corrected chi connectivity index (χ3v) is 7.21. The zero-order valence-corrected chi connectivity index (χ0v) is 21.7. The number of fused-ring (bicyclic) bond motifs is 5. The van der Waals surface area contributed by atoms with Crippen LogP contribution in [-0.4, -0.2) is 35.1 Å². The number of methoxy groups -OCH3 is 2. The van der Waals surface area contributed by atoms with E-state index in [9.17, 15) is 0 Å². The summed E-state index contributed by atoms with van der Waals surface area (Å²) >= 11 is 0. The van der Waals surface area contributed by atoms with E-state index in [1.165, 1.54) is 11.3 Å². The van der Waals surface area contributed by atoms with Crippen molar-refractivity contribution in [1.82, 2.24) is 0 Å². The van der Waals surface area contributed by atoms with Crippen LogP contribution in [-0.2, 0) is 30.9 Å². The molecule has 0 N–H and O–H groups in total. The van der Waals surface area contributed by atoms with E-state index in [4.69, 9.17) is 23.7 Å². The molecule has 7 nitrogen and oxygen atoms in total. The lowest BCUT2D eigenvalue weighted by atomic mass is 9.91. The number of rotatable bonds is 7. The number of aryl methyl sites for hydroxylation is 2. The minimum atomic E-state index is 0.259. The van der Waals surface area contributed by atoms with Crippen LogP contribution in [0, 0.1) is 0 Å². The molecule has 6 rings (SSSR count). The minimum absolute atomic E-state index is 0.259. The molecule has 3 aromatic carbocycles. The predicted molar refractivity (Wildman–Crippen MR) is 142 cm³/mol. The highest BCUT2D eigenvalue weighted by atomic mass is 16.7. The van der Waals surface area contributed by atoms with E-state index in [2.05, 4.69) is 58.1 Å². The van der Waals surface area contributed by atoms with Crippen LogP contribution in [0.2, 0.25) is 0 Å². The van der Waals surface area contributed by atoms with E-state index in [0.717, 1.165) is 63.4 Å². The molecule has 0 amide bonds. The fourth-order valence-electron chi connectivity index (χ4n) is 5.32. The average Bonchev–Trinajstić information content (AvgIpc) is 3.38. The molecular formula is C30H31N2O5+. The Hall–Kier alpha value is -3.97. The van der Waals surface area contributed by atoms with Crippen LogP contribution < -0.4 is 28.4 Å². The predicted octanol–water partition coefficient (Wildman–Crippen LogP) is 4.88. The van der Waals surface area contributed by atoms with Crippen LogP contribution in [0.25, 0.3) is 22.0 Å². The van der Waals surface area contributed by atoms with Crippen LogP contribution in [0.5, 0.6) is 23.0 Å². The molecule has 190 valence electrons. The Morgan fingerprint density at radius 2 is 1.68 bits per heavy atom. The van der Waals surface area contributed by atoms with Gasteiger partial charge in [0.1, 0.15) is 0 Å². The van der Waals surface area contributed by atoms with Gasteiger partial charge >= 0.3 is 0 Å². The van der Waals surface area contributed by atoms with E-state index in [0.29, 0.717) is 19.0 Å². The summed E-state index contributed by atoms with van der Waals surface area (Å²) in [5.41, 5.74) is 6.96. The molecule has 0 atom stereocenters. The number of benzene rings is 3. The smallest absolute Gasteiger partial charge is 0.231 e. The van der Waals surface area contributed by atoms with Crippen molar-refractivity contribution in [3.8, 4) is 34.3 Å². The zero-order chi connectivity index (χ0) is 25.5. The van der Waals surface area contributed by atoms with Gasteiger partial charge in [-0.15, -0.1) is 0 Å². The van der Waals surface area contributed by atoms with Crippen molar-refractivity contribution < 1.29 is 28.3 Å². The Balaban J connectivity index is 1.44. The van der Waals surface area contributed by atoms with Crippen molar-refractivity contribution >= 4 is 16.5 Å². The first-order chi connectivity index (χ1) is 18.1. The van der Waals surface area contributed by atoms with Crippen LogP contribution >= 0.6 is 0 Å². The molecule has 37 heavy (non-hydrogen) atoms. The SMILES string of the molecule is COc1ccc2c(COCc3ccc(N(C)C)cc3)c3[n+](cc2c1OC)CCc1cc2c(cc1-3)OCO2. The molecule has 4 aromatic rings. The van der Waals surface area contributed by atoms with Crippen molar-refractivity contribution in [2.75, 3.05) is 40.0 Å². The number of pyridine rings is 1. The average molecular weight is 500 g/mol. The number of hydrogen-bond acceptors (Lipinski definition) is 6. The van der Waals surface area contributed by atoms with Gasteiger partial charge in [-0.1, -0.05) is 12.1 Å². The van der Waals surface area contributed by atoms with Crippen molar-refractivity contribution in [3.05, 3.63) is 71.4 Å². The second kappa shape index (κ2) is 9.48. The Kier molecular flexibility index (Phi) is 6.00. The number of hydrogen-bond donors (Lipinski definition) is 0. The molecule has 0 spiro atoms. The maximum atomic E-state index is 6.36. The second-order valence-corrected chi connectivity index (χ2v) is 9.58. The largest absolute Gasteiger partial charge is 0.493 e. The molecule has 2 aliphatic heterocycles. The summed E-state index contributed by atoms with van der Waals surface area (Å²) in [6.07, 6.45) is 3.07. The maximum absolute atomic E-state index is 6.36. The van der Waals surface area contributed by atoms with Crippen molar-refractivity contribution in [2.24, 2.45) is 0 Å². The van der Waals surface area contributed by atoms with Gasteiger partial charge in [-0.2, -0.15) is 4.57 Å². The summed E-state index contributed by atoms with van der Waals surface area (Å²) in [5.74, 6) is 3.04. The van der Waals surface area contributed by atoms with E-state index in [1.54, 1.807) is 14.2 Å². The quantitative estimate of drug-likeness (QED) is 0.338. The summed E-state index contributed by atoms with van der Waals surface area (Å²) in [6.45, 7) is 2.07. The molecule has 0 bridgehead atoms. The third kappa shape index (κ3) is 4.09. The number of ether oxygens (including phenoxy) is 5. The molecule has 0 aliphatic carbocycles. The van der Waals surface area contributed by atoms with Gasteiger partial charge in [0.2, 0.25) is 12.5 Å². The summed E-state index contributed by atoms with van der Waals surface area (Å²) in [7, 11) is 7.44. The molecule has 1 aromatic heterocycles. The molecule has 0 saturated carbocycles. The van der Waals surface area contributed by atoms with E-state index in [1.807, 2.05) is 20.2 Å². The van der Waals surface area contributed by atoms with Gasteiger partial charge in [-0.05, 0) is 47.5 Å². The normalized spacial score (nSPS) is 13.3. The standard InChI is InChI=1S/C30H31N2O5/c1-31(2)21-7-5-19(6-8-21)16-35-17-25-22-9-10-26(33-3)30(34-4)24(22)15-32-12-11-20-13-27-28(37-18-36-27)14-23(20)29(25)32/h5-10,13-15H,11-12,16-18H2,1-4H3/q+1. The Labute approximate surface area is 216 Å².